The van der Waals surface area contributed by atoms with Gasteiger partial charge in [0.05, 0.1) is 6.61 Å². The van der Waals surface area contributed by atoms with Gasteiger partial charge in [-0.2, -0.15) is 0 Å². The van der Waals surface area contributed by atoms with Crippen LogP contribution in [0.15, 0.2) is 0 Å². The van der Waals surface area contributed by atoms with Gasteiger partial charge in [0.1, 0.15) is 0 Å². The lowest BCUT2D eigenvalue weighted by Gasteiger charge is -2.29. The van der Waals surface area contributed by atoms with Crippen LogP contribution in [0, 0.1) is 5.92 Å². The number of likely N-dealkylation sites (tertiary alicyclic amines) is 1. The normalized spacial score (nSPS) is 41.5. The van der Waals surface area contributed by atoms with Crippen molar-refractivity contribution in [3.63, 3.8) is 0 Å². The summed E-state index contributed by atoms with van der Waals surface area (Å²) in [6, 6.07) is 1.24. The second-order valence-electron chi connectivity index (χ2n) is 4.24. The molecular formula is C10H18ClNO. The van der Waals surface area contributed by atoms with Crippen LogP contribution in [-0.4, -0.2) is 42.6 Å². The molecule has 0 spiro atoms. The van der Waals surface area contributed by atoms with E-state index in [1.165, 1.54) is 19.4 Å². The molecule has 3 atom stereocenters. The maximum atomic E-state index is 5.99. The summed E-state index contributed by atoms with van der Waals surface area (Å²) < 4.78 is 5.41. The van der Waals surface area contributed by atoms with Crippen molar-refractivity contribution < 1.29 is 4.74 Å². The van der Waals surface area contributed by atoms with Crippen LogP contribution in [0.4, 0.5) is 0 Å². The van der Waals surface area contributed by atoms with Gasteiger partial charge >= 0.3 is 0 Å². The Morgan fingerprint density at radius 1 is 1.46 bits per heavy atom. The zero-order valence-electron chi connectivity index (χ0n) is 8.21. The van der Waals surface area contributed by atoms with Gasteiger partial charge < -0.3 is 4.74 Å². The molecule has 2 saturated heterocycles. The monoisotopic (exact) mass is 203 g/mol. The third kappa shape index (κ3) is 1.85. The van der Waals surface area contributed by atoms with E-state index in [1.807, 2.05) is 0 Å². The Bertz CT molecular complexity index is 170. The summed E-state index contributed by atoms with van der Waals surface area (Å²) in [6.45, 7) is 5.38. The number of alkyl halides is 1. The van der Waals surface area contributed by atoms with Crippen molar-refractivity contribution in [3.05, 3.63) is 0 Å². The van der Waals surface area contributed by atoms with E-state index in [0.29, 0.717) is 12.1 Å². The largest absolute Gasteiger partial charge is 0.380 e. The van der Waals surface area contributed by atoms with Gasteiger partial charge in [-0.25, -0.2) is 0 Å². The molecule has 0 saturated carbocycles. The van der Waals surface area contributed by atoms with E-state index in [-0.39, 0.29) is 0 Å². The highest BCUT2D eigenvalue weighted by molar-refractivity contribution is 6.18. The van der Waals surface area contributed by atoms with E-state index in [9.17, 15) is 0 Å². The fourth-order valence-electron chi connectivity index (χ4n) is 2.52. The Kier molecular flexibility index (Phi) is 3.12. The van der Waals surface area contributed by atoms with Gasteiger partial charge in [-0.1, -0.05) is 6.92 Å². The number of ether oxygens (including phenoxy) is 1. The van der Waals surface area contributed by atoms with Crippen molar-refractivity contribution in [2.24, 2.45) is 5.92 Å². The fraction of sp³-hybridized carbons (Fsp3) is 1.00. The lowest BCUT2D eigenvalue weighted by Crippen LogP contribution is -2.42. The molecule has 0 aromatic heterocycles. The molecule has 2 aliphatic rings. The molecule has 0 N–H and O–H groups in total. The summed E-state index contributed by atoms with van der Waals surface area (Å²) >= 11 is 5.99. The molecule has 0 amide bonds. The third-order valence-electron chi connectivity index (χ3n) is 3.46. The minimum atomic E-state index is 0.591. The molecule has 13 heavy (non-hydrogen) atoms. The second kappa shape index (κ2) is 4.16. The van der Waals surface area contributed by atoms with E-state index in [4.69, 9.17) is 16.3 Å². The minimum absolute atomic E-state index is 0.591. The molecule has 2 heterocycles. The summed E-state index contributed by atoms with van der Waals surface area (Å²) in [7, 11) is 0. The highest BCUT2D eigenvalue weighted by Crippen LogP contribution is 2.29. The summed E-state index contributed by atoms with van der Waals surface area (Å²) in [5, 5.41) is 0. The lowest BCUT2D eigenvalue weighted by molar-refractivity contribution is 0.135. The molecule has 2 nitrogen and oxygen atoms in total. The van der Waals surface area contributed by atoms with E-state index in [0.717, 1.165) is 25.0 Å². The smallest absolute Gasteiger partial charge is 0.0622 e. The summed E-state index contributed by atoms with van der Waals surface area (Å²) in [5.74, 6) is 1.54. The summed E-state index contributed by atoms with van der Waals surface area (Å²) in [6.07, 6.45) is 2.49. The molecular weight excluding hydrogens is 186 g/mol. The first kappa shape index (κ1) is 9.75. The maximum Gasteiger partial charge on any atom is 0.0622 e. The van der Waals surface area contributed by atoms with Gasteiger partial charge in [0, 0.05) is 24.6 Å². The number of hydrogen-bond donors (Lipinski definition) is 0. The van der Waals surface area contributed by atoms with Crippen LogP contribution in [0.25, 0.3) is 0 Å². The van der Waals surface area contributed by atoms with Crippen LogP contribution in [0.3, 0.4) is 0 Å². The highest BCUT2D eigenvalue weighted by atomic mass is 35.5. The number of halogens is 1. The van der Waals surface area contributed by atoms with Crippen molar-refractivity contribution in [1.29, 1.82) is 0 Å². The van der Waals surface area contributed by atoms with Crippen molar-refractivity contribution in [2.75, 3.05) is 25.6 Å². The topological polar surface area (TPSA) is 12.5 Å². The van der Waals surface area contributed by atoms with Crippen molar-refractivity contribution in [1.82, 2.24) is 4.90 Å². The van der Waals surface area contributed by atoms with Gasteiger partial charge in [0.25, 0.3) is 0 Å². The van der Waals surface area contributed by atoms with Crippen molar-refractivity contribution in [2.45, 2.75) is 31.8 Å². The van der Waals surface area contributed by atoms with Gasteiger partial charge in [0.2, 0.25) is 0 Å². The van der Waals surface area contributed by atoms with Crippen molar-refractivity contribution in [3.8, 4) is 0 Å². The fourth-order valence-corrected chi connectivity index (χ4v) is 3.00. The molecule has 0 aromatic carbocycles. The Balaban J connectivity index is 1.97. The number of nitrogens with zero attached hydrogens (tertiary/aromatic N) is 1. The molecule has 3 unspecified atom stereocenters. The van der Waals surface area contributed by atoms with Crippen LogP contribution in [0.5, 0.6) is 0 Å². The maximum absolute atomic E-state index is 5.99. The minimum Gasteiger partial charge on any atom is -0.380 e. The Morgan fingerprint density at radius 3 is 2.92 bits per heavy atom. The third-order valence-corrected chi connectivity index (χ3v) is 3.77. The predicted molar refractivity (Wildman–Crippen MR) is 54.2 cm³/mol. The SMILES string of the molecule is CC1CCN(C2CCOC2)C1CCl. The first-order chi connectivity index (χ1) is 6.33. The molecule has 3 heteroatoms. The van der Waals surface area contributed by atoms with Crippen molar-refractivity contribution >= 4 is 11.6 Å². The molecule has 0 aliphatic carbocycles. The lowest BCUT2D eigenvalue weighted by atomic mass is 10.0. The second-order valence-corrected chi connectivity index (χ2v) is 4.55. The van der Waals surface area contributed by atoms with E-state index >= 15 is 0 Å². The quantitative estimate of drug-likeness (QED) is 0.634. The van der Waals surface area contributed by atoms with E-state index < -0.39 is 0 Å². The first-order valence-corrected chi connectivity index (χ1v) is 5.76. The molecule has 0 aromatic rings. The average molecular weight is 204 g/mol. The van der Waals surface area contributed by atoms with E-state index in [1.54, 1.807) is 0 Å². The Hall–Kier alpha value is 0.210. The standard InChI is InChI=1S/C10H18ClNO/c1-8-2-4-12(10(8)6-11)9-3-5-13-7-9/h8-10H,2-7H2,1H3. The van der Waals surface area contributed by atoms with Gasteiger partial charge in [-0.3, -0.25) is 4.90 Å². The van der Waals surface area contributed by atoms with Crippen LogP contribution in [-0.2, 0) is 4.74 Å². The first-order valence-electron chi connectivity index (χ1n) is 5.22. The molecule has 2 fully saturated rings. The summed E-state index contributed by atoms with van der Waals surface area (Å²) in [4.78, 5) is 2.56. The number of rotatable bonds is 2. The predicted octanol–water partition coefficient (Wildman–Crippen LogP) is 1.72. The highest BCUT2D eigenvalue weighted by Gasteiger charge is 2.36. The van der Waals surface area contributed by atoms with Gasteiger partial charge in [-0.15, -0.1) is 11.6 Å². The molecule has 2 aliphatic heterocycles. The molecule has 0 radical (unpaired) electrons. The zero-order chi connectivity index (χ0) is 9.26. The zero-order valence-corrected chi connectivity index (χ0v) is 8.96. The molecule has 76 valence electrons. The number of hydrogen-bond acceptors (Lipinski definition) is 2. The van der Waals surface area contributed by atoms with Crippen LogP contribution in [0.1, 0.15) is 19.8 Å². The Labute approximate surface area is 85.2 Å². The van der Waals surface area contributed by atoms with Crippen LogP contribution < -0.4 is 0 Å². The molecule has 2 rings (SSSR count). The van der Waals surface area contributed by atoms with E-state index in [2.05, 4.69) is 11.8 Å². The molecule has 0 bridgehead atoms. The Morgan fingerprint density at radius 2 is 2.31 bits per heavy atom. The van der Waals surface area contributed by atoms with Gasteiger partial charge in [0.15, 0.2) is 0 Å². The van der Waals surface area contributed by atoms with Crippen LogP contribution in [0.2, 0.25) is 0 Å². The van der Waals surface area contributed by atoms with Crippen LogP contribution >= 0.6 is 11.6 Å². The van der Waals surface area contributed by atoms with Gasteiger partial charge in [-0.05, 0) is 25.3 Å². The summed E-state index contributed by atoms with van der Waals surface area (Å²) in [5.41, 5.74) is 0. The average Bonchev–Trinajstić information content (AvgIpc) is 2.71.